The van der Waals surface area contributed by atoms with Crippen LogP contribution in [0.15, 0.2) is 12.4 Å². The van der Waals surface area contributed by atoms with Gasteiger partial charge in [0.1, 0.15) is 5.66 Å². The maximum atomic E-state index is 3.22. The van der Waals surface area contributed by atoms with Crippen molar-refractivity contribution >= 4 is 0 Å². The van der Waals surface area contributed by atoms with Crippen LogP contribution < -0.4 is 5.32 Å². The van der Waals surface area contributed by atoms with E-state index in [1.165, 1.54) is 6.54 Å². The van der Waals surface area contributed by atoms with Gasteiger partial charge in [0.25, 0.3) is 0 Å². The van der Waals surface area contributed by atoms with Gasteiger partial charge in [-0.15, -0.1) is 0 Å². The zero-order chi connectivity index (χ0) is 4.91. The number of rotatable bonds is 0. The molecule has 2 aliphatic rings. The molecule has 2 aliphatic heterocycles. The Balaban J connectivity index is 2.28. The average Bonchev–Trinajstić information content (AvgIpc) is 2.09. The highest BCUT2D eigenvalue weighted by Crippen LogP contribution is 2.32. The fraction of sp³-hybridized carbons (Fsp3) is 0.600. The molecule has 0 amide bonds. The van der Waals surface area contributed by atoms with Gasteiger partial charge in [-0.2, -0.15) is 0 Å². The first-order chi connectivity index (χ1) is 3.31. The van der Waals surface area contributed by atoms with E-state index in [2.05, 4.69) is 23.3 Å². The van der Waals surface area contributed by atoms with Gasteiger partial charge in [-0.05, 0) is 6.92 Å². The molecule has 0 aliphatic carbocycles. The normalized spacial score (nSPS) is 43.3. The third-order valence-corrected chi connectivity index (χ3v) is 1.66. The van der Waals surface area contributed by atoms with Crippen LogP contribution in [0, 0.1) is 0 Å². The molecule has 0 aromatic carbocycles. The van der Waals surface area contributed by atoms with Crippen molar-refractivity contribution in [1.29, 1.82) is 0 Å². The molecule has 2 heterocycles. The number of hydrogen-bond acceptors (Lipinski definition) is 2. The Labute approximate surface area is 42.8 Å². The fourth-order valence-electron chi connectivity index (χ4n) is 0.949. The predicted molar refractivity (Wildman–Crippen MR) is 27.4 cm³/mol. The first-order valence-corrected chi connectivity index (χ1v) is 2.52. The van der Waals surface area contributed by atoms with Gasteiger partial charge in [-0.3, -0.25) is 0 Å². The van der Waals surface area contributed by atoms with Crippen LogP contribution in [-0.2, 0) is 0 Å². The summed E-state index contributed by atoms with van der Waals surface area (Å²) in [5, 5.41) is 3.22. The van der Waals surface area contributed by atoms with Crippen LogP contribution >= 0.6 is 0 Å². The summed E-state index contributed by atoms with van der Waals surface area (Å²) >= 11 is 0. The van der Waals surface area contributed by atoms with E-state index in [0.29, 0.717) is 5.66 Å². The summed E-state index contributed by atoms with van der Waals surface area (Å²) in [6.07, 6.45) is 4.07. The Bertz CT molecular complexity index is 130. The van der Waals surface area contributed by atoms with E-state index >= 15 is 0 Å². The van der Waals surface area contributed by atoms with E-state index in [1.54, 1.807) is 0 Å². The molecule has 2 rings (SSSR count). The van der Waals surface area contributed by atoms with Crippen LogP contribution in [0.3, 0.4) is 0 Å². The molecular weight excluding hydrogens is 88.1 g/mol. The van der Waals surface area contributed by atoms with E-state index in [-0.39, 0.29) is 0 Å². The molecular formula is C5H8N2. The smallest absolute Gasteiger partial charge is 0.125 e. The highest BCUT2D eigenvalue weighted by atomic mass is 15.5. The predicted octanol–water partition coefficient (Wildman–Crippen LogP) is 0.0926. The molecule has 2 heteroatoms. The number of nitrogens with one attached hydrogen (secondary N) is 1. The summed E-state index contributed by atoms with van der Waals surface area (Å²) in [6, 6.07) is 0. The Morgan fingerprint density at radius 1 is 1.86 bits per heavy atom. The van der Waals surface area contributed by atoms with Crippen molar-refractivity contribution in [3.8, 4) is 0 Å². The molecule has 1 fully saturated rings. The molecule has 0 bridgehead atoms. The molecule has 0 saturated carbocycles. The largest absolute Gasteiger partial charge is 0.366 e. The first-order valence-electron chi connectivity index (χ1n) is 2.52. The quantitative estimate of drug-likeness (QED) is 0.430. The molecule has 1 saturated heterocycles. The summed E-state index contributed by atoms with van der Waals surface area (Å²) in [5.74, 6) is 0. The Kier molecular flexibility index (Phi) is 0.317. The molecule has 7 heavy (non-hydrogen) atoms. The molecule has 1 unspecified atom stereocenters. The molecule has 0 aromatic heterocycles. The number of hydrogen-bond donors (Lipinski definition) is 1. The van der Waals surface area contributed by atoms with Gasteiger partial charge in [0.15, 0.2) is 0 Å². The molecule has 2 nitrogen and oxygen atoms in total. The Hall–Kier alpha value is -0.660. The third-order valence-electron chi connectivity index (χ3n) is 1.66. The number of nitrogens with zero attached hydrogens (tertiary/aromatic N) is 1. The third kappa shape index (κ3) is 0.253. The number of fused-ring (bicyclic) bond motifs is 1. The second kappa shape index (κ2) is 0.661. The highest BCUT2D eigenvalue weighted by molar-refractivity contribution is 5.15. The summed E-state index contributed by atoms with van der Waals surface area (Å²) < 4.78 is 0. The lowest BCUT2D eigenvalue weighted by Gasteiger charge is -2.00. The van der Waals surface area contributed by atoms with Crippen LogP contribution in [0.25, 0.3) is 0 Å². The lowest BCUT2D eigenvalue weighted by Crippen LogP contribution is -2.22. The van der Waals surface area contributed by atoms with Crippen molar-refractivity contribution in [2.45, 2.75) is 12.6 Å². The second-order valence-corrected chi connectivity index (χ2v) is 2.36. The maximum absolute atomic E-state index is 3.22. The zero-order valence-corrected chi connectivity index (χ0v) is 4.31. The molecule has 38 valence electrons. The standard InChI is InChI=1S/C5H8N2/c1-5-4-7(5)3-2-6-5/h2-3,6H,4H2,1H3. The van der Waals surface area contributed by atoms with Crippen molar-refractivity contribution in [1.82, 2.24) is 10.2 Å². The van der Waals surface area contributed by atoms with Crippen LogP contribution in [0.1, 0.15) is 6.92 Å². The minimum Gasteiger partial charge on any atom is -0.366 e. The minimum atomic E-state index is 0.333. The topological polar surface area (TPSA) is 15.0 Å². The monoisotopic (exact) mass is 96.1 g/mol. The van der Waals surface area contributed by atoms with Gasteiger partial charge in [0.05, 0.1) is 6.54 Å². The SMILES string of the molecule is CC12CN1C=CN2. The van der Waals surface area contributed by atoms with Gasteiger partial charge >= 0.3 is 0 Å². The van der Waals surface area contributed by atoms with Crippen molar-refractivity contribution in [2.75, 3.05) is 6.54 Å². The van der Waals surface area contributed by atoms with E-state index in [0.717, 1.165) is 0 Å². The summed E-state index contributed by atoms with van der Waals surface area (Å²) in [5.41, 5.74) is 0.333. The average molecular weight is 96.1 g/mol. The molecule has 0 aromatic rings. The summed E-state index contributed by atoms with van der Waals surface area (Å²) in [7, 11) is 0. The Morgan fingerprint density at radius 3 is 2.86 bits per heavy atom. The first kappa shape index (κ1) is 3.36. The fourth-order valence-corrected chi connectivity index (χ4v) is 0.949. The Morgan fingerprint density at radius 2 is 2.71 bits per heavy atom. The van der Waals surface area contributed by atoms with Crippen molar-refractivity contribution < 1.29 is 0 Å². The zero-order valence-electron chi connectivity index (χ0n) is 4.31. The maximum Gasteiger partial charge on any atom is 0.125 e. The van der Waals surface area contributed by atoms with E-state index in [9.17, 15) is 0 Å². The van der Waals surface area contributed by atoms with Crippen molar-refractivity contribution in [3.05, 3.63) is 12.4 Å². The summed E-state index contributed by atoms with van der Waals surface area (Å²) in [4.78, 5) is 2.26. The van der Waals surface area contributed by atoms with Gasteiger partial charge in [0.2, 0.25) is 0 Å². The van der Waals surface area contributed by atoms with Gasteiger partial charge in [-0.1, -0.05) is 0 Å². The lowest BCUT2D eigenvalue weighted by molar-refractivity contribution is 0.530. The summed E-state index contributed by atoms with van der Waals surface area (Å²) in [6.45, 7) is 3.37. The molecule has 0 spiro atoms. The minimum absolute atomic E-state index is 0.333. The van der Waals surface area contributed by atoms with Gasteiger partial charge < -0.3 is 10.2 Å². The van der Waals surface area contributed by atoms with Crippen molar-refractivity contribution in [2.24, 2.45) is 0 Å². The van der Waals surface area contributed by atoms with Crippen LogP contribution in [-0.4, -0.2) is 17.1 Å². The van der Waals surface area contributed by atoms with Crippen LogP contribution in [0.4, 0.5) is 0 Å². The second-order valence-electron chi connectivity index (χ2n) is 2.36. The van der Waals surface area contributed by atoms with E-state index in [1.807, 2.05) is 6.20 Å². The molecule has 1 N–H and O–H groups in total. The van der Waals surface area contributed by atoms with Crippen LogP contribution in [0.2, 0.25) is 0 Å². The van der Waals surface area contributed by atoms with Crippen molar-refractivity contribution in [3.63, 3.8) is 0 Å². The van der Waals surface area contributed by atoms with E-state index in [4.69, 9.17) is 0 Å². The lowest BCUT2D eigenvalue weighted by atomic mass is 10.4. The molecule has 0 radical (unpaired) electrons. The van der Waals surface area contributed by atoms with Crippen LogP contribution in [0.5, 0.6) is 0 Å². The van der Waals surface area contributed by atoms with E-state index < -0.39 is 0 Å². The van der Waals surface area contributed by atoms with Gasteiger partial charge in [0, 0.05) is 12.4 Å². The molecule has 1 atom stereocenters. The highest BCUT2D eigenvalue weighted by Gasteiger charge is 2.47. The van der Waals surface area contributed by atoms with Gasteiger partial charge in [-0.25, -0.2) is 0 Å².